The van der Waals surface area contributed by atoms with Crippen molar-refractivity contribution in [1.82, 2.24) is 20.3 Å². The highest BCUT2D eigenvalue weighted by molar-refractivity contribution is 5.94. The minimum atomic E-state index is -1.13. The van der Waals surface area contributed by atoms with Gasteiger partial charge in [-0.25, -0.2) is 19.7 Å². The Kier molecular flexibility index (Phi) is 3.99. The molecule has 0 aromatic carbocycles. The molecule has 2 aromatic heterocycles. The zero-order valence-corrected chi connectivity index (χ0v) is 10.7. The molecule has 0 bridgehead atoms. The van der Waals surface area contributed by atoms with Crippen molar-refractivity contribution in [3.05, 3.63) is 53.4 Å². The largest absolute Gasteiger partial charge is 0.477 e. The molecule has 0 fully saturated rings. The fourth-order valence-electron chi connectivity index (χ4n) is 1.53. The monoisotopic (exact) mass is 272 g/mol. The van der Waals surface area contributed by atoms with Gasteiger partial charge in [-0.3, -0.25) is 4.79 Å². The molecule has 20 heavy (non-hydrogen) atoms. The second-order valence-corrected chi connectivity index (χ2v) is 4.02. The number of rotatable bonds is 4. The van der Waals surface area contributed by atoms with Crippen molar-refractivity contribution >= 4 is 11.9 Å². The summed E-state index contributed by atoms with van der Waals surface area (Å²) in [6.07, 6.45) is 2.84. The molecule has 2 rings (SSSR count). The lowest BCUT2D eigenvalue weighted by molar-refractivity contribution is 0.0689. The van der Waals surface area contributed by atoms with Crippen molar-refractivity contribution in [2.24, 2.45) is 0 Å². The van der Waals surface area contributed by atoms with Crippen LogP contribution in [0.25, 0.3) is 0 Å². The van der Waals surface area contributed by atoms with Crippen LogP contribution in [0.4, 0.5) is 0 Å². The molecule has 0 radical (unpaired) electrons. The Balaban J connectivity index is 1.99. The van der Waals surface area contributed by atoms with Gasteiger partial charge in [-0.2, -0.15) is 0 Å². The van der Waals surface area contributed by atoms with Gasteiger partial charge >= 0.3 is 5.97 Å². The van der Waals surface area contributed by atoms with Crippen LogP contribution >= 0.6 is 0 Å². The average Bonchev–Trinajstić information content (AvgIpc) is 2.45. The summed E-state index contributed by atoms with van der Waals surface area (Å²) in [4.78, 5) is 34.3. The van der Waals surface area contributed by atoms with E-state index >= 15 is 0 Å². The summed E-state index contributed by atoms with van der Waals surface area (Å²) in [7, 11) is 0. The standard InChI is InChI=1S/C13H12N4O3/c1-8-14-5-4-10(17-8)7-16-12(18)9-2-3-11(13(19)20)15-6-9/h2-6H,7H2,1H3,(H,16,18)(H,19,20). The molecular formula is C13H12N4O3. The predicted octanol–water partition coefficient (Wildman–Crippen LogP) is 0.808. The molecule has 0 saturated heterocycles. The first-order chi connectivity index (χ1) is 9.56. The summed E-state index contributed by atoms with van der Waals surface area (Å²) in [5.41, 5.74) is 0.884. The van der Waals surface area contributed by atoms with Gasteiger partial charge < -0.3 is 10.4 Å². The van der Waals surface area contributed by atoms with E-state index in [1.165, 1.54) is 18.3 Å². The molecule has 2 N–H and O–H groups in total. The number of hydrogen-bond donors (Lipinski definition) is 2. The zero-order valence-electron chi connectivity index (χ0n) is 10.7. The molecule has 0 aliphatic heterocycles. The fourth-order valence-corrected chi connectivity index (χ4v) is 1.53. The lowest BCUT2D eigenvalue weighted by Crippen LogP contribution is -2.23. The van der Waals surface area contributed by atoms with Gasteiger partial charge in [-0.15, -0.1) is 0 Å². The third kappa shape index (κ3) is 3.35. The molecule has 102 valence electrons. The Morgan fingerprint density at radius 1 is 1.25 bits per heavy atom. The number of hydrogen-bond acceptors (Lipinski definition) is 5. The van der Waals surface area contributed by atoms with Crippen molar-refractivity contribution in [2.75, 3.05) is 0 Å². The number of nitrogens with zero attached hydrogens (tertiary/aromatic N) is 3. The average molecular weight is 272 g/mol. The van der Waals surface area contributed by atoms with E-state index in [1.807, 2.05) is 0 Å². The highest BCUT2D eigenvalue weighted by atomic mass is 16.4. The van der Waals surface area contributed by atoms with Gasteiger partial charge in [-0.1, -0.05) is 0 Å². The Bertz CT molecular complexity index is 640. The molecule has 0 spiro atoms. The van der Waals surface area contributed by atoms with E-state index in [9.17, 15) is 9.59 Å². The van der Waals surface area contributed by atoms with E-state index in [0.29, 0.717) is 17.1 Å². The summed E-state index contributed by atoms with van der Waals surface area (Å²) in [6, 6.07) is 4.40. The van der Waals surface area contributed by atoms with Gasteiger partial charge in [0.2, 0.25) is 0 Å². The summed E-state index contributed by atoms with van der Waals surface area (Å²) >= 11 is 0. The second kappa shape index (κ2) is 5.87. The molecule has 0 aliphatic carbocycles. The van der Waals surface area contributed by atoms with E-state index in [-0.39, 0.29) is 18.1 Å². The summed E-state index contributed by atoms with van der Waals surface area (Å²) in [5, 5.41) is 11.4. The minimum Gasteiger partial charge on any atom is -0.477 e. The number of pyridine rings is 1. The van der Waals surface area contributed by atoms with Crippen molar-refractivity contribution in [1.29, 1.82) is 0 Å². The molecule has 1 amide bonds. The molecule has 0 unspecified atom stereocenters. The molecule has 2 aromatic rings. The third-order valence-electron chi connectivity index (χ3n) is 2.51. The Hall–Kier alpha value is -2.83. The first kappa shape index (κ1) is 13.6. The van der Waals surface area contributed by atoms with Crippen LogP contribution in [0.3, 0.4) is 0 Å². The molecule has 2 heterocycles. The number of carboxylic acid groups (broad SMARTS) is 1. The molecule has 7 heteroatoms. The fraction of sp³-hybridized carbons (Fsp3) is 0.154. The van der Waals surface area contributed by atoms with Crippen LogP contribution < -0.4 is 5.32 Å². The number of carbonyl (C=O) groups is 2. The smallest absolute Gasteiger partial charge is 0.354 e. The van der Waals surface area contributed by atoms with E-state index in [2.05, 4.69) is 20.3 Å². The number of amides is 1. The van der Waals surface area contributed by atoms with Gasteiger partial charge in [0.1, 0.15) is 11.5 Å². The topological polar surface area (TPSA) is 105 Å². The maximum absolute atomic E-state index is 11.8. The van der Waals surface area contributed by atoms with Crippen molar-refractivity contribution < 1.29 is 14.7 Å². The van der Waals surface area contributed by atoms with E-state index in [1.54, 1.807) is 19.2 Å². The number of carboxylic acids is 1. The minimum absolute atomic E-state index is 0.104. The number of aryl methyl sites for hydroxylation is 1. The van der Waals surface area contributed by atoms with Crippen LogP contribution in [0, 0.1) is 6.92 Å². The summed E-state index contributed by atoms with van der Waals surface area (Å²) < 4.78 is 0. The summed E-state index contributed by atoms with van der Waals surface area (Å²) in [6.45, 7) is 2.03. The first-order valence-corrected chi connectivity index (χ1v) is 5.82. The van der Waals surface area contributed by atoms with Crippen LogP contribution in [0.5, 0.6) is 0 Å². The normalized spacial score (nSPS) is 10.1. The number of nitrogens with one attached hydrogen (secondary N) is 1. The molecule has 7 nitrogen and oxygen atoms in total. The maximum Gasteiger partial charge on any atom is 0.354 e. The van der Waals surface area contributed by atoms with Crippen LogP contribution in [0.15, 0.2) is 30.6 Å². The van der Waals surface area contributed by atoms with Gasteiger partial charge in [0, 0.05) is 12.4 Å². The maximum atomic E-state index is 11.8. The zero-order chi connectivity index (χ0) is 14.5. The van der Waals surface area contributed by atoms with Crippen LogP contribution in [-0.4, -0.2) is 31.9 Å². The summed E-state index contributed by atoms with van der Waals surface area (Å²) in [5.74, 6) is -0.844. The SMILES string of the molecule is Cc1nccc(CNC(=O)c2ccc(C(=O)O)nc2)n1. The van der Waals surface area contributed by atoms with Crippen LogP contribution in [0.1, 0.15) is 32.4 Å². The number of carbonyl (C=O) groups excluding carboxylic acids is 1. The third-order valence-corrected chi connectivity index (χ3v) is 2.51. The van der Waals surface area contributed by atoms with E-state index in [0.717, 1.165) is 0 Å². The Morgan fingerprint density at radius 3 is 2.65 bits per heavy atom. The van der Waals surface area contributed by atoms with Crippen molar-refractivity contribution in [3.63, 3.8) is 0 Å². The van der Waals surface area contributed by atoms with Crippen molar-refractivity contribution in [2.45, 2.75) is 13.5 Å². The highest BCUT2D eigenvalue weighted by Gasteiger charge is 2.09. The van der Waals surface area contributed by atoms with Gasteiger partial charge in [0.25, 0.3) is 5.91 Å². The quantitative estimate of drug-likeness (QED) is 0.853. The van der Waals surface area contributed by atoms with Gasteiger partial charge in [0.15, 0.2) is 0 Å². The van der Waals surface area contributed by atoms with Crippen LogP contribution in [0.2, 0.25) is 0 Å². The van der Waals surface area contributed by atoms with Gasteiger partial charge in [-0.05, 0) is 25.1 Å². The predicted molar refractivity (Wildman–Crippen MR) is 69.1 cm³/mol. The molecule has 0 atom stereocenters. The lowest BCUT2D eigenvalue weighted by atomic mass is 10.2. The Morgan fingerprint density at radius 2 is 2.05 bits per heavy atom. The second-order valence-electron chi connectivity index (χ2n) is 4.02. The van der Waals surface area contributed by atoms with Crippen molar-refractivity contribution in [3.8, 4) is 0 Å². The molecular weight excluding hydrogens is 260 g/mol. The Labute approximate surface area is 114 Å². The van der Waals surface area contributed by atoms with Crippen LogP contribution in [-0.2, 0) is 6.54 Å². The number of aromatic nitrogens is 3. The first-order valence-electron chi connectivity index (χ1n) is 5.82. The lowest BCUT2D eigenvalue weighted by Gasteiger charge is -2.05. The van der Waals surface area contributed by atoms with E-state index in [4.69, 9.17) is 5.11 Å². The van der Waals surface area contributed by atoms with E-state index < -0.39 is 5.97 Å². The van der Waals surface area contributed by atoms with Gasteiger partial charge in [0.05, 0.1) is 17.8 Å². The molecule has 0 saturated carbocycles. The molecule has 0 aliphatic rings. The number of aromatic carboxylic acids is 1. The highest BCUT2D eigenvalue weighted by Crippen LogP contribution is 2.01.